The van der Waals surface area contributed by atoms with Crippen LogP contribution in [-0.4, -0.2) is 52.2 Å². The number of benzene rings is 1. The Bertz CT molecular complexity index is 634. The summed E-state index contributed by atoms with van der Waals surface area (Å²) in [6.07, 6.45) is -0.284. The highest BCUT2D eigenvalue weighted by molar-refractivity contribution is 7.89. The molecule has 1 heterocycles. The standard InChI is InChI=1S/C15H23NO5S/c1-10-6-14(20-5)15(7-13(10)19-4)22(17,18)16-8-11(2)21-12(3)9-16/h6-7,11-12H,8-9H2,1-5H3. The van der Waals surface area contributed by atoms with Crippen LogP contribution in [0.4, 0.5) is 0 Å². The second kappa shape index (κ2) is 6.44. The maximum atomic E-state index is 13.0. The Hall–Kier alpha value is -1.31. The van der Waals surface area contributed by atoms with Gasteiger partial charge < -0.3 is 14.2 Å². The molecule has 7 heteroatoms. The zero-order valence-corrected chi connectivity index (χ0v) is 14.4. The van der Waals surface area contributed by atoms with Gasteiger partial charge in [0.15, 0.2) is 0 Å². The second-order valence-electron chi connectivity index (χ2n) is 5.55. The minimum atomic E-state index is -3.67. The Balaban J connectivity index is 2.48. The summed E-state index contributed by atoms with van der Waals surface area (Å²) in [6, 6.07) is 3.20. The molecule has 0 aliphatic carbocycles. The normalized spacial score (nSPS) is 23.3. The topological polar surface area (TPSA) is 65.1 Å². The van der Waals surface area contributed by atoms with Gasteiger partial charge in [0.2, 0.25) is 10.0 Å². The van der Waals surface area contributed by atoms with Crippen molar-refractivity contribution in [1.82, 2.24) is 4.31 Å². The molecule has 1 aliphatic rings. The molecular weight excluding hydrogens is 306 g/mol. The van der Waals surface area contributed by atoms with Crippen LogP contribution in [0, 0.1) is 6.92 Å². The van der Waals surface area contributed by atoms with Crippen molar-refractivity contribution in [3.05, 3.63) is 17.7 Å². The van der Waals surface area contributed by atoms with E-state index in [0.717, 1.165) is 5.56 Å². The summed E-state index contributed by atoms with van der Waals surface area (Å²) in [5.41, 5.74) is 0.821. The molecule has 6 nitrogen and oxygen atoms in total. The largest absolute Gasteiger partial charge is 0.496 e. The number of rotatable bonds is 4. The predicted molar refractivity (Wildman–Crippen MR) is 83.1 cm³/mol. The van der Waals surface area contributed by atoms with Crippen LogP contribution in [0.25, 0.3) is 0 Å². The average Bonchev–Trinajstić information content (AvgIpc) is 2.45. The summed E-state index contributed by atoms with van der Waals surface area (Å²) in [5, 5.41) is 0. The molecule has 0 spiro atoms. The summed E-state index contributed by atoms with van der Waals surface area (Å²) in [4.78, 5) is 0.124. The first-order valence-electron chi connectivity index (χ1n) is 7.17. The number of ether oxygens (including phenoxy) is 3. The van der Waals surface area contributed by atoms with Crippen LogP contribution in [0.2, 0.25) is 0 Å². The summed E-state index contributed by atoms with van der Waals surface area (Å²) >= 11 is 0. The molecule has 0 amide bonds. The molecule has 124 valence electrons. The van der Waals surface area contributed by atoms with E-state index in [-0.39, 0.29) is 17.1 Å². The van der Waals surface area contributed by atoms with Crippen molar-refractivity contribution in [1.29, 1.82) is 0 Å². The molecule has 0 radical (unpaired) electrons. The Morgan fingerprint density at radius 2 is 1.64 bits per heavy atom. The number of morpholine rings is 1. The molecule has 0 bridgehead atoms. The van der Waals surface area contributed by atoms with Crippen LogP contribution in [-0.2, 0) is 14.8 Å². The molecule has 0 aromatic heterocycles. The third-order valence-electron chi connectivity index (χ3n) is 3.69. The minimum absolute atomic E-state index is 0.124. The highest BCUT2D eigenvalue weighted by atomic mass is 32.2. The molecule has 1 aliphatic heterocycles. The number of aryl methyl sites for hydroxylation is 1. The van der Waals surface area contributed by atoms with Gasteiger partial charge in [-0.3, -0.25) is 0 Å². The Labute approximate surface area is 132 Å². The van der Waals surface area contributed by atoms with Crippen molar-refractivity contribution >= 4 is 10.0 Å². The first-order valence-corrected chi connectivity index (χ1v) is 8.61. The van der Waals surface area contributed by atoms with Crippen molar-refractivity contribution < 1.29 is 22.6 Å². The number of methoxy groups -OCH3 is 2. The van der Waals surface area contributed by atoms with E-state index in [1.54, 1.807) is 6.07 Å². The van der Waals surface area contributed by atoms with Crippen LogP contribution in [0.3, 0.4) is 0 Å². The molecule has 0 N–H and O–H groups in total. The van der Waals surface area contributed by atoms with Gasteiger partial charge in [0.25, 0.3) is 0 Å². The summed E-state index contributed by atoms with van der Waals surface area (Å²) in [7, 11) is -0.691. The van der Waals surface area contributed by atoms with E-state index < -0.39 is 10.0 Å². The molecule has 0 saturated carbocycles. The second-order valence-corrected chi connectivity index (χ2v) is 7.46. The van der Waals surface area contributed by atoms with E-state index in [2.05, 4.69) is 0 Å². The van der Waals surface area contributed by atoms with Crippen molar-refractivity contribution in [2.24, 2.45) is 0 Å². The molecule has 1 aromatic carbocycles. The van der Waals surface area contributed by atoms with Gasteiger partial charge in [-0.1, -0.05) is 0 Å². The van der Waals surface area contributed by atoms with Crippen molar-refractivity contribution in [2.75, 3.05) is 27.3 Å². The van der Waals surface area contributed by atoms with Gasteiger partial charge in [-0.25, -0.2) is 8.42 Å². The van der Waals surface area contributed by atoms with E-state index >= 15 is 0 Å². The molecule has 22 heavy (non-hydrogen) atoms. The van der Waals surface area contributed by atoms with Gasteiger partial charge in [0, 0.05) is 19.2 Å². The van der Waals surface area contributed by atoms with Crippen LogP contribution < -0.4 is 9.47 Å². The van der Waals surface area contributed by atoms with Crippen LogP contribution in [0.1, 0.15) is 19.4 Å². The van der Waals surface area contributed by atoms with Crippen LogP contribution >= 0.6 is 0 Å². The number of nitrogens with zero attached hydrogens (tertiary/aromatic N) is 1. The lowest BCUT2D eigenvalue weighted by Gasteiger charge is -2.34. The molecule has 1 fully saturated rings. The van der Waals surface area contributed by atoms with Gasteiger partial charge in [0.1, 0.15) is 16.4 Å². The maximum absolute atomic E-state index is 13.0. The highest BCUT2D eigenvalue weighted by Crippen LogP contribution is 2.34. The Kier molecular flexibility index (Phi) is 4.99. The molecule has 2 rings (SSSR count). The average molecular weight is 329 g/mol. The first-order chi connectivity index (χ1) is 10.3. The highest BCUT2D eigenvalue weighted by Gasteiger charge is 2.34. The number of sulfonamides is 1. The first kappa shape index (κ1) is 17.1. The van der Waals surface area contributed by atoms with Gasteiger partial charge in [-0.05, 0) is 32.4 Å². The zero-order valence-electron chi connectivity index (χ0n) is 13.6. The van der Waals surface area contributed by atoms with Crippen molar-refractivity contribution in [2.45, 2.75) is 37.9 Å². The van der Waals surface area contributed by atoms with E-state index in [4.69, 9.17) is 14.2 Å². The monoisotopic (exact) mass is 329 g/mol. The SMILES string of the molecule is COc1cc(S(=O)(=O)N2CC(C)OC(C)C2)c(OC)cc1C. The maximum Gasteiger partial charge on any atom is 0.247 e. The summed E-state index contributed by atoms with van der Waals surface area (Å²) in [5.74, 6) is 0.846. The molecule has 2 atom stereocenters. The molecular formula is C15H23NO5S. The van der Waals surface area contributed by atoms with Gasteiger partial charge in [0.05, 0.1) is 26.4 Å². The minimum Gasteiger partial charge on any atom is -0.496 e. The fourth-order valence-electron chi connectivity index (χ4n) is 2.69. The Morgan fingerprint density at radius 1 is 1.09 bits per heavy atom. The van der Waals surface area contributed by atoms with Gasteiger partial charge >= 0.3 is 0 Å². The quantitative estimate of drug-likeness (QED) is 0.843. The third-order valence-corrected chi connectivity index (χ3v) is 5.54. The summed E-state index contributed by atoms with van der Waals surface area (Å²) < 4.78 is 43.5. The van der Waals surface area contributed by atoms with E-state index in [9.17, 15) is 8.42 Å². The summed E-state index contributed by atoms with van der Waals surface area (Å²) in [6.45, 7) is 6.23. The van der Waals surface area contributed by atoms with E-state index in [0.29, 0.717) is 24.6 Å². The van der Waals surface area contributed by atoms with Crippen molar-refractivity contribution in [3.8, 4) is 11.5 Å². The molecule has 1 saturated heterocycles. The fraction of sp³-hybridized carbons (Fsp3) is 0.600. The molecule has 1 aromatic rings. The van der Waals surface area contributed by atoms with Gasteiger partial charge in [-0.2, -0.15) is 4.31 Å². The third kappa shape index (κ3) is 3.21. The molecule has 2 unspecified atom stereocenters. The lowest BCUT2D eigenvalue weighted by Crippen LogP contribution is -2.48. The number of hydrogen-bond acceptors (Lipinski definition) is 5. The lowest BCUT2D eigenvalue weighted by molar-refractivity contribution is -0.0441. The zero-order chi connectivity index (χ0) is 16.5. The number of hydrogen-bond donors (Lipinski definition) is 0. The lowest BCUT2D eigenvalue weighted by atomic mass is 10.2. The Morgan fingerprint density at radius 3 is 2.14 bits per heavy atom. The van der Waals surface area contributed by atoms with E-state index in [1.165, 1.54) is 24.6 Å². The fourth-order valence-corrected chi connectivity index (χ4v) is 4.43. The van der Waals surface area contributed by atoms with Crippen LogP contribution in [0.5, 0.6) is 11.5 Å². The smallest absolute Gasteiger partial charge is 0.247 e. The van der Waals surface area contributed by atoms with Gasteiger partial charge in [-0.15, -0.1) is 0 Å². The van der Waals surface area contributed by atoms with E-state index in [1.807, 2.05) is 20.8 Å². The van der Waals surface area contributed by atoms with Crippen molar-refractivity contribution in [3.63, 3.8) is 0 Å². The van der Waals surface area contributed by atoms with Crippen LogP contribution in [0.15, 0.2) is 17.0 Å². The predicted octanol–water partition coefficient (Wildman–Crippen LogP) is 1.81.